The minimum absolute atomic E-state index is 0.0359. The van der Waals surface area contributed by atoms with Gasteiger partial charge in [0, 0.05) is 22.2 Å². The van der Waals surface area contributed by atoms with Crippen LogP contribution in [-0.2, 0) is 0 Å². The summed E-state index contributed by atoms with van der Waals surface area (Å²) in [4.78, 5) is 21.3. The maximum atomic E-state index is 12.5. The van der Waals surface area contributed by atoms with Gasteiger partial charge < -0.3 is 10.3 Å². The third-order valence-electron chi connectivity index (χ3n) is 5.44. The van der Waals surface area contributed by atoms with E-state index in [-0.39, 0.29) is 11.6 Å². The largest absolute Gasteiger partial charge is 0.308 e. The second-order valence-corrected chi connectivity index (χ2v) is 7.99. The first kappa shape index (κ1) is 14.4. The average Bonchev–Trinajstić information content (AvgIpc) is 3.28. The van der Waals surface area contributed by atoms with Crippen molar-refractivity contribution >= 4 is 21.6 Å². The lowest BCUT2D eigenvalue weighted by Gasteiger charge is -2.12. The molecule has 24 heavy (non-hydrogen) atoms. The van der Waals surface area contributed by atoms with E-state index in [2.05, 4.69) is 20.5 Å². The van der Waals surface area contributed by atoms with Gasteiger partial charge in [0.25, 0.3) is 5.56 Å². The van der Waals surface area contributed by atoms with Gasteiger partial charge in [0.15, 0.2) is 0 Å². The molecular formula is C17H19N5OS. The van der Waals surface area contributed by atoms with Crippen molar-refractivity contribution < 1.29 is 0 Å². The van der Waals surface area contributed by atoms with Crippen molar-refractivity contribution in [2.75, 3.05) is 0 Å². The summed E-state index contributed by atoms with van der Waals surface area (Å²) >= 11 is 1.48. The molecule has 124 valence electrons. The highest BCUT2D eigenvalue weighted by molar-refractivity contribution is 7.22. The van der Waals surface area contributed by atoms with Crippen LogP contribution in [0.2, 0.25) is 0 Å². The zero-order valence-electron chi connectivity index (χ0n) is 13.4. The highest BCUT2D eigenvalue weighted by Gasteiger charge is 2.38. The molecule has 6 nitrogen and oxygen atoms in total. The number of nitrogens with zero attached hydrogens (tertiary/aromatic N) is 2. The lowest BCUT2D eigenvalue weighted by atomic mass is 10.0. The van der Waals surface area contributed by atoms with Crippen LogP contribution in [0.15, 0.2) is 17.1 Å². The molecule has 5 rings (SSSR count). The predicted octanol–water partition coefficient (Wildman–Crippen LogP) is 2.89. The summed E-state index contributed by atoms with van der Waals surface area (Å²) in [6, 6.07) is 2.78. The van der Waals surface area contributed by atoms with Gasteiger partial charge in [-0.2, -0.15) is 5.10 Å². The zero-order chi connectivity index (χ0) is 16.3. The number of aryl methyl sites for hydroxylation is 1. The van der Waals surface area contributed by atoms with E-state index in [4.69, 9.17) is 4.98 Å². The Labute approximate surface area is 142 Å². The van der Waals surface area contributed by atoms with Gasteiger partial charge in [-0.3, -0.25) is 9.89 Å². The summed E-state index contributed by atoms with van der Waals surface area (Å²) in [5, 5.41) is 10.7. The van der Waals surface area contributed by atoms with Crippen molar-refractivity contribution in [1.29, 1.82) is 0 Å². The molecule has 0 amide bonds. The molecule has 3 aromatic heterocycles. The van der Waals surface area contributed by atoms with Gasteiger partial charge in [-0.25, -0.2) is 4.98 Å². The zero-order valence-corrected chi connectivity index (χ0v) is 14.2. The normalized spacial score (nSPS) is 26.3. The fraction of sp³-hybridized carbons (Fsp3) is 0.471. The fourth-order valence-electron chi connectivity index (χ4n) is 4.21. The van der Waals surface area contributed by atoms with Gasteiger partial charge in [0.1, 0.15) is 10.5 Å². The van der Waals surface area contributed by atoms with Crippen LogP contribution in [0.4, 0.5) is 0 Å². The van der Waals surface area contributed by atoms with Gasteiger partial charge in [-0.05, 0) is 38.2 Å². The first-order valence-electron chi connectivity index (χ1n) is 8.49. The minimum atomic E-state index is -0.0359. The second-order valence-electron chi connectivity index (χ2n) is 6.94. The number of H-pyrrole nitrogens is 2. The molecule has 1 saturated heterocycles. The summed E-state index contributed by atoms with van der Waals surface area (Å²) in [5.41, 5.74) is 2.79. The van der Waals surface area contributed by atoms with Gasteiger partial charge >= 0.3 is 0 Å². The number of fused-ring (bicyclic) bond motifs is 2. The van der Waals surface area contributed by atoms with Crippen LogP contribution in [0.5, 0.6) is 0 Å². The topological polar surface area (TPSA) is 86.5 Å². The molecule has 0 bridgehead atoms. The van der Waals surface area contributed by atoms with E-state index in [0.717, 1.165) is 39.8 Å². The molecule has 1 saturated carbocycles. The third kappa shape index (κ3) is 2.15. The predicted molar refractivity (Wildman–Crippen MR) is 94.2 cm³/mol. The van der Waals surface area contributed by atoms with Crippen LogP contribution in [0.25, 0.3) is 20.7 Å². The highest BCUT2D eigenvalue weighted by Crippen LogP contribution is 2.40. The molecule has 0 radical (unpaired) electrons. The van der Waals surface area contributed by atoms with Crippen LogP contribution in [-0.4, -0.2) is 26.2 Å². The number of aromatic amines is 2. The Hall–Kier alpha value is -1.99. The first-order chi connectivity index (χ1) is 11.7. The van der Waals surface area contributed by atoms with Crippen molar-refractivity contribution in [3.63, 3.8) is 0 Å². The number of rotatable bonds is 2. The number of hydrogen-bond donors (Lipinski definition) is 3. The number of aromatic nitrogens is 4. The Bertz CT molecular complexity index is 959. The van der Waals surface area contributed by atoms with Crippen LogP contribution in [0, 0.1) is 12.8 Å². The molecule has 4 heterocycles. The number of thiophene rings is 1. The summed E-state index contributed by atoms with van der Waals surface area (Å²) in [7, 11) is 0. The smallest absolute Gasteiger partial charge is 0.268 e. The Kier molecular flexibility index (Phi) is 3.14. The van der Waals surface area contributed by atoms with Crippen molar-refractivity contribution in [3.8, 4) is 10.4 Å². The SMILES string of the molecule is Cc1[nH]ncc1-c1cc2nc(C3CC4CCCC4N3)[nH]c(=O)c2s1. The Morgan fingerprint density at radius 2 is 2.25 bits per heavy atom. The van der Waals surface area contributed by atoms with Gasteiger partial charge in [0.2, 0.25) is 0 Å². The first-order valence-corrected chi connectivity index (χ1v) is 9.31. The summed E-state index contributed by atoms with van der Waals surface area (Å²) < 4.78 is 0.688. The second kappa shape index (κ2) is 5.26. The molecule has 7 heteroatoms. The lowest BCUT2D eigenvalue weighted by Crippen LogP contribution is -2.26. The number of nitrogens with one attached hydrogen (secondary N) is 3. The molecule has 3 aromatic rings. The molecule has 0 spiro atoms. The van der Waals surface area contributed by atoms with E-state index in [9.17, 15) is 4.79 Å². The molecule has 3 unspecified atom stereocenters. The van der Waals surface area contributed by atoms with Crippen molar-refractivity contribution in [2.24, 2.45) is 5.92 Å². The van der Waals surface area contributed by atoms with Crippen LogP contribution >= 0.6 is 11.3 Å². The van der Waals surface area contributed by atoms with E-state index >= 15 is 0 Å². The van der Waals surface area contributed by atoms with Crippen molar-refractivity contribution in [2.45, 2.75) is 44.7 Å². The summed E-state index contributed by atoms with van der Waals surface area (Å²) in [6.45, 7) is 1.98. The molecule has 3 N–H and O–H groups in total. The molecule has 0 aromatic carbocycles. The van der Waals surface area contributed by atoms with E-state index in [1.807, 2.05) is 13.0 Å². The molecule has 2 fully saturated rings. The van der Waals surface area contributed by atoms with Crippen LogP contribution < -0.4 is 10.9 Å². The number of hydrogen-bond acceptors (Lipinski definition) is 5. The van der Waals surface area contributed by atoms with E-state index in [0.29, 0.717) is 10.7 Å². The molecule has 3 atom stereocenters. The van der Waals surface area contributed by atoms with Crippen molar-refractivity contribution in [1.82, 2.24) is 25.5 Å². The van der Waals surface area contributed by atoms with Gasteiger partial charge in [-0.1, -0.05) is 6.42 Å². The van der Waals surface area contributed by atoms with E-state index in [1.54, 1.807) is 6.20 Å². The Morgan fingerprint density at radius 3 is 3.04 bits per heavy atom. The lowest BCUT2D eigenvalue weighted by molar-refractivity contribution is 0.515. The van der Waals surface area contributed by atoms with Crippen LogP contribution in [0.1, 0.15) is 43.2 Å². The maximum Gasteiger partial charge on any atom is 0.268 e. The van der Waals surface area contributed by atoms with E-state index < -0.39 is 0 Å². The molecule has 1 aliphatic heterocycles. The minimum Gasteiger partial charge on any atom is -0.308 e. The summed E-state index contributed by atoms with van der Waals surface area (Å²) in [6.07, 6.45) is 6.74. The van der Waals surface area contributed by atoms with Crippen LogP contribution in [0.3, 0.4) is 0 Å². The van der Waals surface area contributed by atoms with Crippen molar-refractivity contribution in [3.05, 3.63) is 34.1 Å². The summed E-state index contributed by atoms with van der Waals surface area (Å²) in [5.74, 6) is 1.53. The fourth-order valence-corrected chi connectivity index (χ4v) is 5.27. The molecular weight excluding hydrogens is 322 g/mol. The quantitative estimate of drug-likeness (QED) is 0.669. The van der Waals surface area contributed by atoms with Gasteiger partial charge in [0.05, 0.1) is 17.8 Å². The average molecular weight is 341 g/mol. The van der Waals surface area contributed by atoms with E-state index in [1.165, 1.54) is 30.6 Å². The Morgan fingerprint density at radius 1 is 1.33 bits per heavy atom. The monoisotopic (exact) mass is 341 g/mol. The standard InChI is InChI=1S/C17H19N5OS/c1-8-10(7-18-22-8)14-6-12-15(24-14)17(23)21-16(20-12)13-5-9-3-2-4-11(9)19-13/h6-7,9,11,13,19H,2-5H2,1H3,(H,18,22)(H,20,21,23). The molecule has 2 aliphatic rings. The highest BCUT2D eigenvalue weighted by atomic mass is 32.1. The Balaban J connectivity index is 1.55. The molecule has 1 aliphatic carbocycles. The third-order valence-corrected chi connectivity index (χ3v) is 6.60. The van der Waals surface area contributed by atoms with Gasteiger partial charge in [-0.15, -0.1) is 11.3 Å². The maximum absolute atomic E-state index is 12.5.